The summed E-state index contributed by atoms with van der Waals surface area (Å²) in [5.41, 5.74) is 1.11. The van der Waals surface area contributed by atoms with Gasteiger partial charge in [0.1, 0.15) is 5.82 Å². The van der Waals surface area contributed by atoms with Gasteiger partial charge in [-0.1, -0.05) is 51.8 Å². The Kier molecular flexibility index (Phi) is 4.62. The molecule has 0 saturated heterocycles. The fourth-order valence-corrected chi connectivity index (χ4v) is 3.29. The van der Waals surface area contributed by atoms with Gasteiger partial charge in [-0.15, -0.1) is 0 Å². The number of benzene rings is 1. The summed E-state index contributed by atoms with van der Waals surface area (Å²) in [5, 5.41) is 3.60. The smallest absolute Gasteiger partial charge is 0.127 e. The van der Waals surface area contributed by atoms with E-state index in [4.69, 9.17) is 0 Å². The van der Waals surface area contributed by atoms with Gasteiger partial charge in [-0.3, -0.25) is 0 Å². The predicted octanol–water partition coefficient (Wildman–Crippen LogP) is 4.52. The molecule has 1 aliphatic rings. The first kappa shape index (κ1) is 14.5. The van der Waals surface area contributed by atoms with Crippen molar-refractivity contribution in [3.05, 3.63) is 35.6 Å². The molecule has 0 amide bonds. The second kappa shape index (κ2) is 6.04. The Morgan fingerprint density at radius 2 is 1.84 bits per heavy atom. The van der Waals surface area contributed by atoms with Crippen LogP contribution in [0, 0.1) is 17.2 Å². The quantitative estimate of drug-likeness (QED) is 0.845. The second-order valence-corrected chi connectivity index (χ2v) is 6.84. The predicted molar refractivity (Wildman–Crippen MR) is 78.4 cm³/mol. The third kappa shape index (κ3) is 3.79. The van der Waals surface area contributed by atoms with Crippen LogP contribution < -0.4 is 5.32 Å². The molecule has 106 valence electrons. The van der Waals surface area contributed by atoms with E-state index in [9.17, 15) is 4.39 Å². The van der Waals surface area contributed by atoms with E-state index in [2.05, 4.69) is 26.1 Å². The highest BCUT2D eigenvalue weighted by atomic mass is 19.1. The maximum absolute atomic E-state index is 13.6. The zero-order chi connectivity index (χ0) is 13.9. The molecule has 2 rings (SSSR count). The Balaban J connectivity index is 1.99. The van der Waals surface area contributed by atoms with Crippen LogP contribution in [0.4, 0.5) is 4.39 Å². The van der Waals surface area contributed by atoms with Crippen molar-refractivity contribution < 1.29 is 4.39 Å². The summed E-state index contributed by atoms with van der Waals surface area (Å²) in [5.74, 6) is 0.589. The van der Waals surface area contributed by atoms with Gasteiger partial charge in [0.05, 0.1) is 0 Å². The number of halogens is 1. The molecule has 1 nitrogen and oxygen atoms in total. The Bertz CT molecular complexity index is 408. The third-order valence-electron chi connectivity index (χ3n) is 4.39. The molecule has 0 spiro atoms. The minimum atomic E-state index is -0.0990. The Labute approximate surface area is 116 Å². The fraction of sp³-hybridized carbons (Fsp3) is 0.647. The van der Waals surface area contributed by atoms with E-state index < -0.39 is 0 Å². The normalized spacial score (nSPS) is 24.4. The molecular formula is C17H26FN. The molecular weight excluding hydrogens is 237 g/mol. The molecule has 1 aromatic carbocycles. The van der Waals surface area contributed by atoms with Crippen LogP contribution in [0.5, 0.6) is 0 Å². The third-order valence-corrected chi connectivity index (χ3v) is 4.39. The molecule has 1 saturated carbocycles. The maximum atomic E-state index is 13.6. The Morgan fingerprint density at radius 1 is 1.16 bits per heavy atom. The van der Waals surface area contributed by atoms with E-state index in [0.29, 0.717) is 23.9 Å². The first-order valence-electron chi connectivity index (χ1n) is 7.45. The molecule has 1 aromatic rings. The van der Waals surface area contributed by atoms with Crippen LogP contribution in [0.25, 0.3) is 0 Å². The van der Waals surface area contributed by atoms with E-state index in [1.807, 2.05) is 12.1 Å². The van der Waals surface area contributed by atoms with Gasteiger partial charge < -0.3 is 5.32 Å². The molecule has 1 fully saturated rings. The van der Waals surface area contributed by atoms with Crippen molar-refractivity contribution in [3.8, 4) is 0 Å². The second-order valence-electron chi connectivity index (χ2n) is 6.84. The zero-order valence-electron chi connectivity index (χ0n) is 12.4. The topological polar surface area (TPSA) is 12.0 Å². The molecule has 0 bridgehead atoms. The highest BCUT2D eigenvalue weighted by Gasteiger charge is 2.33. The molecule has 2 atom stereocenters. The van der Waals surface area contributed by atoms with Crippen LogP contribution in [-0.2, 0) is 6.54 Å². The molecule has 0 aromatic heterocycles. The molecule has 1 aliphatic carbocycles. The summed E-state index contributed by atoms with van der Waals surface area (Å²) in [6, 6.07) is 7.59. The van der Waals surface area contributed by atoms with Gasteiger partial charge in [0.2, 0.25) is 0 Å². The van der Waals surface area contributed by atoms with Crippen molar-refractivity contribution in [2.24, 2.45) is 11.3 Å². The average molecular weight is 263 g/mol. The first-order valence-corrected chi connectivity index (χ1v) is 7.45. The summed E-state index contributed by atoms with van der Waals surface area (Å²) in [4.78, 5) is 0. The van der Waals surface area contributed by atoms with Gasteiger partial charge in [-0.05, 0) is 30.2 Å². The molecule has 0 heterocycles. The van der Waals surface area contributed by atoms with Crippen LogP contribution in [0.1, 0.15) is 52.0 Å². The molecule has 0 aliphatic heterocycles. The van der Waals surface area contributed by atoms with Crippen molar-refractivity contribution in [2.75, 3.05) is 0 Å². The highest BCUT2D eigenvalue weighted by molar-refractivity contribution is 5.17. The lowest BCUT2D eigenvalue weighted by atomic mass is 9.69. The van der Waals surface area contributed by atoms with Gasteiger partial charge in [0, 0.05) is 18.2 Å². The lowest BCUT2D eigenvalue weighted by Crippen LogP contribution is -2.44. The van der Waals surface area contributed by atoms with Crippen LogP contribution in [0.15, 0.2) is 24.3 Å². The zero-order valence-corrected chi connectivity index (χ0v) is 12.4. The first-order chi connectivity index (χ1) is 8.98. The van der Waals surface area contributed by atoms with E-state index in [-0.39, 0.29) is 5.82 Å². The summed E-state index contributed by atoms with van der Waals surface area (Å²) in [6.07, 6.45) is 5.14. The number of hydrogen-bond donors (Lipinski definition) is 1. The van der Waals surface area contributed by atoms with Gasteiger partial charge >= 0.3 is 0 Å². The van der Waals surface area contributed by atoms with E-state index >= 15 is 0 Å². The van der Waals surface area contributed by atoms with Crippen molar-refractivity contribution in [3.63, 3.8) is 0 Å². The van der Waals surface area contributed by atoms with Crippen molar-refractivity contribution in [1.29, 1.82) is 0 Å². The standard InChI is InChI=1S/C17H26FN/c1-17(2,3)14-9-5-7-11-16(14)19-12-13-8-4-6-10-15(13)18/h4,6,8,10,14,16,19H,5,7,9,11-12H2,1-3H3. The van der Waals surface area contributed by atoms with Crippen molar-refractivity contribution in [1.82, 2.24) is 5.32 Å². The SMILES string of the molecule is CC(C)(C)C1CCCCC1NCc1ccccc1F. The van der Waals surface area contributed by atoms with Gasteiger partial charge in [0.25, 0.3) is 0 Å². The van der Waals surface area contributed by atoms with Gasteiger partial charge in [-0.25, -0.2) is 4.39 Å². The molecule has 1 N–H and O–H groups in total. The summed E-state index contributed by atoms with van der Waals surface area (Å²) in [7, 11) is 0. The van der Waals surface area contributed by atoms with Gasteiger partial charge in [-0.2, -0.15) is 0 Å². The molecule has 2 unspecified atom stereocenters. The van der Waals surface area contributed by atoms with Crippen molar-refractivity contribution >= 4 is 0 Å². The minimum absolute atomic E-state index is 0.0990. The average Bonchev–Trinajstić information content (AvgIpc) is 2.37. The summed E-state index contributed by atoms with van der Waals surface area (Å²) >= 11 is 0. The monoisotopic (exact) mass is 263 g/mol. The Morgan fingerprint density at radius 3 is 2.53 bits per heavy atom. The molecule has 19 heavy (non-hydrogen) atoms. The van der Waals surface area contributed by atoms with Crippen LogP contribution in [0.2, 0.25) is 0 Å². The van der Waals surface area contributed by atoms with Gasteiger partial charge in [0.15, 0.2) is 0 Å². The molecule has 2 heteroatoms. The van der Waals surface area contributed by atoms with E-state index in [1.54, 1.807) is 12.1 Å². The van der Waals surface area contributed by atoms with Crippen LogP contribution in [-0.4, -0.2) is 6.04 Å². The highest BCUT2D eigenvalue weighted by Crippen LogP contribution is 2.38. The lowest BCUT2D eigenvalue weighted by Gasteiger charge is -2.41. The van der Waals surface area contributed by atoms with E-state index in [0.717, 1.165) is 5.56 Å². The summed E-state index contributed by atoms with van der Waals surface area (Å²) in [6.45, 7) is 7.60. The lowest BCUT2D eigenvalue weighted by molar-refractivity contribution is 0.130. The number of nitrogens with one attached hydrogen (secondary N) is 1. The molecule has 0 radical (unpaired) electrons. The van der Waals surface area contributed by atoms with Crippen molar-refractivity contribution in [2.45, 2.75) is 59.0 Å². The van der Waals surface area contributed by atoms with E-state index in [1.165, 1.54) is 25.7 Å². The van der Waals surface area contributed by atoms with Crippen LogP contribution >= 0.6 is 0 Å². The number of rotatable bonds is 3. The number of hydrogen-bond acceptors (Lipinski definition) is 1. The minimum Gasteiger partial charge on any atom is -0.310 e. The maximum Gasteiger partial charge on any atom is 0.127 e. The largest absolute Gasteiger partial charge is 0.310 e. The summed E-state index contributed by atoms with van der Waals surface area (Å²) < 4.78 is 13.6. The van der Waals surface area contributed by atoms with Crippen LogP contribution in [0.3, 0.4) is 0 Å². The fourth-order valence-electron chi connectivity index (χ4n) is 3.29. The Hall–Kier alpha value is -0.890.